The molecule has 0 amide bonds. The molecular formula is C16H30N2O. The van der Waals surface area contributed by atoms with Crippen LogP contribution in [0, 0.1) is 5.92 Å². The number of rotatable bonds is 4. The van der Waals surface area contributed by atoms with Gasteiger partial charge in [-0.15, -0.1) is 0 Å². The standard InChI is InChI=1S/C16H30N2O/c1-3-14(2)11-17-8-4-5-16(12-17)18-9-6-15(13-19)7-10-18/h3,15-16,19H,4-13H2,1-2H3. The molecule has 2 aliphatic heterocycles. The average molecular weight is 266 g/mol. The van der Waals surface area contributed by atoms with Gasteiger partial charge in [0, 0.05) is 25.7 Å². The Labute approximate surface area is 118 Å². The first-order valence-corrected chi connectivity index (χ1v) is 7.92. The number of allylic oxidation sites excluding steroid dienone is 1. The quantitative estimate of drug-likeness (QED) is 0.790. The predicted octanol–water partition coefficient (Wildman–Crippen LogP) is 2.12. The fraction of sp³-hybridized carbons (Fsp3) is 0.875. The Bertz CT molecular complexity index is 295. The van der Waals surface area contributed by atoms with Crippen LogP contribution >= 0.6 is 0 Å². The topological polar surface area (TPSA) is 26.7 Å². The van der Waals surface area contributed by atoms with Gasteiger partial charge in [-0.2, -0.15) is 0 Å². The lowest BCUT2D eigenvalue weighted by molar-refractivity contribution is 0.0595. The number of aliphatic hydroxyl groups is 1. The Kier molecular flexibility index (Phi) is 5.86. The minimum absolute atomic E-state index is 0.380. The number of hydrogen-bond acceptors (Lipinski definition) is 3. The van der Waals surface area contributed by atoms with Gasteiger partial charge < -0.3 is 5.11 Å². The molecule has 2 fully saturated rings. The minimum Gasteiger partial charge on any atom is -0.396 e. The SMILES string of the molecule is CC=C(C)CN1CCCC(N2CCC(CO)CC2)C1. The van der Waals surface area contributed by atoms with Gasteiger partial charge >= 0.3 is 0 Å². The van der Waals surface area contributed by atoms with E-state index in [4.69, 9.17) is 0 Å². The smallest absolute Gasteiger partial charge is 0.0460 e. The molecule has 0 aromatic carbocycles. The van der Waals surface area contributed by atoms with Crippen LogP contribution in [-0.2, 0) is 0 Å². The van der Waals surface area contributed by atoms with E-state index < -0.39 is 0 Å². The van der Waals surface area contributed by atoms with E-state index in [-0.39, 0.29) is 0 Å². The molecule has 110 valence electrons. The highest BCUT2D eigenvalue weighted by molar-refractivity contribution is 4.99. The molecule has 0 aromatic heterocycles. The van der Waals surface area contributed by atoms with Gasteiger partial charge in [-0.05, 0) is 65.1 Å². The third kappa shape index (κ3) is 4.30. The van der Waals surface area contributed by atoms with Crippen LogP contribution in [0.4, 0.5) is 0 Å². The number of hydrogen-bond donors (Lipinski definition) is 1. The zero-order chi connectivity index (χ0) is 13.7. The largest absolute Gasteiger partial charge is 0.396 e. The van der Waals surface area contributed by atoms with Gasteiger partial charge in [0.1, 0.15) is 0 Å². The van der Waals surface area contributed by atoms with Gasteiger partial charge in [0.05, 0.1) is 0 Å². The lowest BCUT2D eigenvalue weighted by Crippen LogP contribution is -2.50. The van der Waals surface area contributed by atoms with Crippen LogP contribution in [-0.4, -0.2) is 60.3 Å². The number of piperidine rings is 2. The normalized spacial score (nSPS) is 28.8. The van der Waals surface area contributed by atoms with Gasteiger partial charge in [-0.25, -0.2) is 0 Å². The van der Waals surface area contributed by atoms with Crippen molar-refractivity contribution in [3.63, 3.8) is 0 Å². The molecule has 19 heavy (non-hydrogen) atoms. The maximum Gasteiger partial charge on any atom is 0.0460 e. The predicted molar refractivity (Wildman–Crippen MR) is 80.3 cm³/mol. The summed E-state index contributed by atoms with van der Waals surface area (Å²) in [7, 11) is 0. The van der Waals surface area contributed by atoms with Gasteiger partial charge in [0.25, 0.3) is 0 Å². The molecule has 1 N–H and O–H groups in total. The van der Waals surface area contributed by atoms with Crippen LogP contribution in [0.1, 0.15) is 39.5 Å². The first kappa shape index (κ1) is 15.0. The van der Waals surface area contributed by atoms with Crippen molar-refractivity contribution in [3.8, 4) is 0 Å². The number of aliphatic hydroxyl groups excluding tert-OH is 1. The second-order valence-corrected chi connectivity index (χ2v) is 6.33. The summed E-state index contributed by atoms with van der Waals surface area (Å²) in [6.45, 7) is 10.8. The zero-order valence-electron chi connectivity index (χ0n) is 12.6. The van der Waals surface area contributed by atoms with Crippen LogP contribution in [0.3, 0.4) is 0 Å². The molecule has 0 aliphatic carbocycles. The van der Waals surface area contributed by atoms with Crippen molar-refractivity contribution in [1.29, 1.82) is 0 Å². The molecule has 2 aliphatic rings. The van der Waals surface area contributed by atoms with Gasteiger partial charge in [-0.3, -0.25) is 9.80 Å². The van der Waals surface area contributed by atoms with Crippen molar-refractivity contribution in [2.24, 2.45) is 5.92 Å². The second-order valence-electron chi connectivity index (χ2n) is 6.33. The molecule has 0 aromatic rings. The fourth-order valence-corrected chi connectivity index (χ4v) is 3.42. The lowest BCUT2D eigenvalue weighted by Gasteiger charge is -2.42. The number of nitrogens with zero attached hydrogens (tertiary/aromatic N) is 2. The van der Waals surface area contributed by atoms with E-state index in [9.17, 15) is 5.11 Å². The molecule has 0 radical (unpaired) electrons. The molecule has 2 rings (SSSR count). The van der Waals surface area contributed by atoms with Crippen LogP contribution in [0.5, 0.6) is 0 Å². The molecular weight excluding hydrogens is 236 g/mol. The van der Waals surface area contributed by atoms with Gasteiger partial charge in [0.2, 0.25) is 0 Å². The molecule has 1 unspecified atom stereocenters. The van der Waals surface area contributed by atoms with Crippen molar-refractivity contribution in [1.82, 2.24) is 9.80 Å². The summed E-state index contributed by atoms with van der Waals surface area (Å²) >= 11 is 0. The van der Waals surface area contributed by atoms with Crippen molar-refractivity contribution in [3.05, 3.63) is 11.6 Å². The summed E-state index contributed by atoms with van der Waals surface area (Å²) in [6, 6.07) is 0.748. The Morgan fingerprint density at radius 1 is 1.21 bits per heavy atom. The molecule has 3 heteroatoms. The molecule has 3 nitrogen and oxygen atoms in total. The molecule has 2 saturated heterocycles. The Morgan fingerprint density at radius 3 is 2.58 bits per heavy atom. The van der Waals surface area contributed by atoms with E-state index in [1.54, 1.807) is 0 Å². The minimum atomic E-state index is 0.380. The Hall–Kier alpha value is -0.380. The highest BCUT2D eigenvalue weighted by atomic mass is 16.3. The lowest BCUT2D eigenvalue weighted by atomic mass is 9.94. The van der Waals surface area contributed by atoms with Gasteiger partial charge in [0.15, 0.2) is 0 Å². The molecule has 1 atom stereocenters. The zero-order valence-corrected chi connectivity index (χ0v) is 12.6. The summed E-state index contributed by atoms with van der Waals surface area (Å²) in [4.78, 5) is 5.28. The van der Waals surface area contributed by atoms with Crippen LogP contribution in [0.25, 0.3) is 0 Å². The summed E-state index contributed by atoms with van der Waals surface area (Å²) in [5.74, 6) is 0.557. The Morgan fingerprint density at radius 2 is 1.95 bits per heavy atom. The average Bonchev–Trinajstić information content (AvgIpc) is 2.47. The fourth-order valence-electron chi connectivity index (χ4n) is 3.42. The third-order valence-corrected chi connectivity index (χ3v) is 4.87. The summed E-state index contributed by atoms with van der Waals surface area (Å²) in [5, 5.41) is 9.22. The van der Waals surface area contributed by atoms with E-state index in [1.807, 2.05) is 0 Å². The Balaban J connectivity index is 1.81. The van der Waals surface area contributed by atoms with Crippen LogP contribution in [0.15, 0.2) is 11.6 Å². The monoisotopic (exact) mass is 266 g/mol. The van der Waals surface area contributed by atoms with Gasteiger partial charge in [-0.1, -0.05) is 11.6 Å². The van der Waals surface area contributed by atoms with E-state index >= 15 is 0 Å². The number of likely N-dealkylation sites (tertiary alicyclic amines) is 2. The first-order valence-electron chi connectivity index (χ1n) is 7.92. The summed E-state index contributed by atoms with van der Waals surface area (Å²) < 4.78 is 0. The molecule has 0 saturated carbocycles. The van der Waals surface area contributed by atoms with Crippen LogP contribution < -0.4 is 0 Å². The maximum atomic E-state index is 9.22. The first-order chi connectivity index (χ1) is 9.22. The van der Waals surface area contributed by atoms with E-state index in [1.165, 1.54) is 57.4 Å². The summed E-state index contributed by atoms with van der Waals surface area (Å²) in [5.41, 5.74) is 1.49. The second kappa shape index (κ2) is 7.41. The van der Waals surface area contributed by atoms with E-state index in [0.29, 0.717) is 12.5 Å². The molecule has 0 spiro atoms. The highest BCUT2D eigenvalue weighted by Gasteiger charge is 2.28. The highest BCUT2D eigenvalue weighted by Crippen LogP contribution is 2.23. The van der Waals surface area contributed by atoms with E-state index in [2.05, 4.69) is 29.7 Å². The van der Waals surface area contributed by atoms with Crippen molar-refractivity contribution in [2.75, 3.05) is 39.3 Å². The van der Waals surface area contributed by atoms with E-state index in [0.717, 1.165) is 12.6 Å². The summed E-state index contributed by atoms with van der Waals surface area (Å²) in [6.07, 6.45) is 7.29. The molecule has 0 bridgehead atoms. The molecule has 2 heterocycles. The third-order valence-electron chi connectivity index (χ3n) is 4.87. The van der Waals surface area contributed by atoms with Crippen molar-refractivity contribution in [2.45, 2.75) is 45.6 Å². The maximum absolute atomic E-state index is 9.22. The van der Waals surface area contributed by atoms with Crippen LogP contribution in [0.2, 0.25) is 0 Å². The van der Waals surface area contributed by atoms with Crippen molar-refractivity contribution >= 4 is 0 Å². The van der Waals surface area contributed by atoms with Crippen molar-refractivity contribution < 1.29 is 5.11 Å².